The molecule has 38 heavy (non-hydrogen) atoms. The Bertz CT molecular complexity index is 1210. The standard InChI is InChI=1S/C30H44N4O3Si/c1-7-37-30(35)26-19-31-29-25(14-16-34(29)22-36-17-18-38(4,5)6)28(26)32(3)27-21-33(15-13-23(27)2)20-24-11-9-8-10-12-24/h8-12,14,16,19,23,27H,7,13,15,17-18,20-22H2,1-6H3/t23-,27+/m1/s1. The van der Waals surface area contributed by atoms with Gasteiger partial charge in [-0.2, -0.15) is 0 Å². The number of benzene rings is 1. The van der Waals surface area contributed by atoms with Crippen molar-refractivity contribution in [3.05, 3.63) is 59.9 Å². The number of carbonyl (C=O) groups is 1. The number of aromatic nitrogens is 2. The van der Waals surface area contributed by atoms with Gasteiger partial charge in [0.15, 0.2) is 0 Å². The summed E-state index contributed by atoms with van der Waals surface area (Å²) >= 11 is 0. The van der Waals surface area contributed by atoms with Crippen molar-refractivity contribution in [1.29, 1.82) is 0 Å². The predicted molar refractivity (Wildman–Crippen MR) is 157 cm³/mol. The van der Waals surface area contributed by atoms with Crippen LogP contribution in [0.5, 0.6) is 0 Å². The Morgan fingerprint density at radius 1 is 1.18 bits per heavy atom. The molecule has 1 saturated heterocycles. The quantitative estimate of drug-likeness (QED) is 0.173. The van der Waals surface area contributed by atoms with Gasteiger partial charge < -0.3 is 18.9 Å². The monoisotopic (exact) mass is 536 g/mol. The van der Waals surface area contributed by atoms with E-state index in [1.165, 1.54) is 5.56 Å². The number of piperidine rings is 1. The molecule has 2 atom stereocenters. The van der Waals surface area contributed by atoms with Crippen molar-refractivity contribution in [1.82, 2.24) is 14.5 Å². The summed E-state index contributed by atoms with van der Waals surface area (Å²) in [5.74, 6) is 0.157. The van der Waals surface area contributed by atoms with Gasteiger partial charge in [0.25, 0.3) is 0 Å². The third-order valence-electron chi connectivity index (χ3n) is 7.58. The molecule has 1 aliphatic rings. The number of likely N-dealkylation sites (N-methyl/N-ethyl adjacent to an activating group) is 1. The first-order chi connectivity index (χ1) is 18.2. The van der Waals surface area contributed by atoms with Crippen molar-refractivity contribution < 1.29 is 14.3 Å². The average Bonchev–Trinajstić information content (AvgIpc) is 3.30. The number of nitrogens with zero attached hydrogens (tertiary/aromatic N) is 4. The van der Waals surface area contributed by atoms with Gasteiger partial charge in [-0.05, 0) is 43.5 Å². The minimum atomic E-state index is -1.15. The first-order valence-corrected chi connectivity index (χ1v) is 17.6. The lowest BCUT2D eigenvalue weighted by Gasteiger charge is -2.43. The number of hydrogen-bond acceptors (Lipinski definition) is 6. The number of esters is 1. The van der Waals surface area contributed by atoms with Crippen LogP contribution >= 0.6 is 0 Å². The van der Waals surface area contributed by atoms with Gasteiger partial charge in [-0.1, -0.05) is 56.9 Å². The maximum atomic E-state index is 13.1. The molecule has 0 unspecified atom stereocenters. The lowest BCUT2D eigenvalue weighted by Crippen LogP contribution is -2.51. The van der Waals surface area contributed by atoms with Crippen molar-refractivity contribution in [2.75, 3.05) is 38.3 Å². The molecular weight excluding hydrogens is 492 g/mol. The Morgan fingerprint density at radius 3 is 2.66 bits per heavy atom. The molecule has 1 aromatic carbocycles. The van der Waals surface area contributed by atoms with E-state index >= 15 is 0 Å². The minimum Gasteiger partial charge on any atom is -0.462 e. The fourth-order valence-corrected chi connectivity index (χ4v) is 6.03. The molecular formula is C30H44N4O3Si. The van der Waals surface area contributed by atoms with Crippen LogP contribution in [0.25, 0.3) is 11.0 Å². The van der Waals surface area contributed by atoms with Crippen molar-refractivity contribution >= 4 is 30.8 Å². The number of ether oxygens (including phenoxy) is 2. The summed E-state index contributed by atoms with van der Waals surface area (Å²) in [6.07, 6.45) is 4.81. The predicted octanol–water partition coefficient (Wildman–Crippen LogP) is 5.87. The van der Waals surface area contributed by atoms with Crippen LogP contribution in [0.3, 0.4) is 0 Å². The van der Waals surface area contributed by atoms with Crippen LogP contribution in [0.15, 0.2) is 48.8 Å². The fourth-order valence-electron chi connectivity index (χ4n) is 5.28. The van der Waals surface area contributed by atoms with Gasteiger partial charge in [0.05, 0.1) is 12.3 Å². The first kappa shape index (κ1) is 28.3. The van der Waals surface area contributed by atoms with Gasteiger partial charge in [-0.3, -0.25) is 4.90 Å². The van der Waals surface area contributed by atoms with Crippen LogP contribution in [0.4, 0.5) is 5.69 Å². The summed E-state index contributed by atoms with van der Waals surface area (Å²) < 4.78 is 13.5. The molecule has 0 aliphatic carbocycles. The van der Waals surface area contributed by atoms with Crippen LogP contribution in [0.2, 0.25) is 25.7 Å². The van der Waals surface area contributed by atoms with Crippen LogP contribution < -0.4 is 4.90 Å². The topological polar surface area (TPSA) is 59.8 Å². The van der Waals surface area contributed by atoms with Gasteiger partial charge in [0.2, 0.25) is 0 Å². The lowest BCUT2D eigenvalue weighted by atomic mass is 9.91. The SMILES string of the molecule is CCOC(=O)c1cnc2c(ccn2COCC[Si](C)(C)C)c1N(C)[C@H]1CN(Cc2ccccc2)CC[C@H]1C. The number of fused-ring (bicyclic) bond motifs is 1. The zero-order valence-electron chi connectivity index (χ0n) is 23.9. The summed E-state index contributed by atoms with van der Waals surface area (Å²) in [5.41, 5.74) is 3.57. The number of rotatable bonds is 11. The Balaban J connectivity index is 1.62. The fraction of sp³-hybridized carbons (Fsp3) is 0.533. The van der Waals surface area contributed by atoms with E-state index < -0.39 is 8.07 Å². The third-order valence-corrected chi connectivity index (χ3v) is 9.29. The molecule has 0 spiro atoms. The van der Waals surface area contributed by atoms with Crippen LogP contribution in [-0.2, 0) is 22.7 Å². The molecule has 0 N–H and O–H groups in total. The van der Waals surface area contributed by atoms with Crippen molar-refractivity contribution in [3.63, 3.8) is 0 Å². The van der Waals surface area contributed by atoms with Gasteiger partial charge in [0, 0.05) is 58.6 Å². The van der Waals surface area contributed by atoms with E-state index in [1.54, 1.807) is 6.20 Å². The van der Waals surface area contributed by atoms with Crippen LogP contribution in [0.1, 0.15) is 36.2 Å². The number of likely N-dealkylation sites (tertiary alicyclic amines) is 1. The van der Waals surface area contributed by atoms with Crippen LogP contribution in [0, 0.1) is 5.92 Å². The molecule has 7 nitrogen and oxygen atoms in total. The Morgan fingerprint density at radius 2 is 1.95 bits per heavy atom. The second-order valence-electron chi connectivity index (χ2n) is 11.8. The third kappa shape index (κ3) is 6.84. The second-order valence-corrected chi connectivity index (χ2v) is 17.4. The van der Waals surface area contributed by atoms with E-state index in [9.17, 15) is 4.79 Å². The summed E-state index contributed by atoms with van der Waals surface area (Å²) in [4.78, 5) is 22.6. The zero-order valence-corrected chi connectivity index (χ0v) is 24.9. The molecule has 3 aromatic rings. The molecule has 0 amide bonds. The van der Waals surface area contributed by atoms with E-state index in [4.69, 9.17) is 14.5 Å². The van der Waals surface area contributed by atoms with Crippen molar-refractivity contribution in [3.8, 4) is 0 Å². The average molecular weight is 537 g/mol. The Labute approximate surface area is 228 Å². The highest BCUT2D eigenvalue weighted by Gasteiger charge is 2.32. The summed E-state index contributed by atoms with van der Waals surface area (Å²) in [5, 5.41) is 0.958. The Hall–Kier alpha value is -2.68. The molecule has 0 bridgehead atoms. The summed E-state index contributed by atoms with van der Waals surface area (Å²) in [6, 6.07) is 14.1. The zero-order chi connectivity index (χ0) is 27.3. The van der Waals surface area contributed by atoms with E-state index in [2.05, 4.69) is 79.8 Å². The Kier molecular flexibility index (Phi) is 9.28. The first-order valence-electron chi connectivity index (χ1n) is 13.9. The van der Waals surface area contributed by atoms with Gasteiger partial charge in [-0.15, -0.1) is 0 Å². The molecule has 0 saturated carbocycles. The maximum Gasteiger partial charge on any atom is 0.341 e. The van der Waals surface area contributed by atoms with E-state index in [1.807, 2.05) is 17.7 Å². The molecule has 0 radical (unpaired) electrons. The molecule has 3 heterocycles. The number of anilines is 1. The van der Waals surface area contributed by atoms with E-state index in [-0.39, 0.29) is 12.0 Å². The second kappa shape index (κ2) is 12.4. The summed E-state index contributed by atoms with van der Waals surface area (Å²) in [7, 11) is 0.964. The number of pyridine rings is 1. The highest BCUT2D eigenvalue weighted by Crippen LogP contribution is 2.35. The van der Waals surface area contributed by atoms with Crippen LogP contribution in [-0.4, -0.2) is 67.9 Å². The largest absolute Gasteiger partial charge is 0.462 e. The minimum absolute atomic E-state index is 0.252. The lowest BCUT2D eigenvalue weighted by molar-refractivity contribution is 0.0526. The normalized spacial score (nSPS) is 18.6. The molecule has 1 aliphatic heterocycles. The maximum absolute atomic E-state index is 13.1. The van der Waals surface area contributed by atoms with Gasteiger partial charge in [0.1, 0.15) is 17.9 Å². The van der Waals surface area contributed by atoms with Gasteiger partial charge in [-0.25, -0.2) is 9.78 Å². The number of carbonyl (C=O) groups excluding carboxylic acids is 1. The van der Waals surface area contributed by atoms with E-state index in [0.29, 0.717) is 24.8 Å². The molecule has 1 fully saturated rings. The molecule has 8 heteroatoms. The smallest absolute Gasteiger partial charge is 0.341 e. The molecule has 4 rings (SSSR count). The number of hydrogen-bond donors (Lipinski definition) is 0. The van der Waals surface area contributed by atoms with Gasteiger partial charge >= 0.3 is 5.97 Å². The van der Waals surface area contributed by atoms with Crippen molar-refractivity contribution in [2.45, 2.75) is 65.3 Å². The summed E-state index contributed by atoms with van der Waals surface area (Å²) in [6.45, 7) is 15.7. The highest BCUT2D eigenvalue weighted by molar-refractivity contribution is 6.76. The highest BCUT2D eigenvalue weighted by atomic mass is 28.3. The molecule has 2 aromatic heterocycles. The van der Waals surface area contributed by atoms with E-state index in [0.717, 1.165) is 55.4 Å². The van der Waals surface area contributed by atoms with Crippen molar-refractivity contribution in [2.24, 2.45) is 5.92 Å². The molecule has 206 valence electrons.